The first kappa shape index (κ1) is 15.3. The second-order valence-electron chi connectivity index (χ2n) is 6.48. The molecule has 2 rings (SSSR count). The predicted molar refractivity (Wildman–Crippen MR) is 77.9 cm³/mol. The molecule has 2 aliphatic rings. The molecule has 1 atom stereocenters. The van der Waals surface area contributed by atoms with Gasteiger partial charge >= 0.3 is 0 Å². The molecule has 5 nitrogen and oxygen atoms in total. The summed E-state index contributed by atoms with van der Waals surface area (Å²) in [5, 5.41) is 5.81. The van der Waals surface area contributed by atoms with Crippen LogP contribution in [0.4, 0.5) is 0 Å². The van der Waals surface area contributed by atoms with Crippen molar-refractivity contribution >= 4 is 11.8 Å². The number of hydrogen-bond donors (Lipinski definition) is 3. The molecule has 0 aromatic heterocycles. The van der Waals surface area contributed by atoms with E-state index in [-0.39, 0.29) is 17.9 Å². The highest BCUT2D eigenvalue weighted by Crippen LogP contribution is 2.38. The van der Waals surface area contributed by atoms with Crippen LogP contribution in [0.1, 0.15) is 51.9 Å². The van der Waals surface area contributed by atoms with Gasteiger partial charge in [-0.05, 0) is 50.9 Å². The van der Waals surface area contributed by atoms with E-state index in [0.717, 1.165) is 44.9 Å². The molecule has 1 aliphatic heterocycles. The summed E-state index contributed by atoms with van der Waals surface area (Å²) < 4.78 is 0. The number of carbonyl (C=O) groups is 2. The van der Waals surface area contributed by atoms with Crippen molar-refractivity contribution in [2.45, 2.75) is 57.9 Å². The molecule has 0 aromatic carbocycles. The molecular weight excluding hydrogens is 254 g/mol. The molecule has 4 N–H and O–H groups in total. The number of nitrogens with one attached hydrogen (secondary N) is 2. The maximum atomic E-state index is 12.6. The van der Waals surface area contributed by atoms with E-state index in [1.807, 2.05) is 0 Å². The fraction of sp³-hybridized carbons (Fsp3) is 0.867. The predicted octanol–water partition coefficient (Wildman–Crippen LogP) is 0.927. The molecule has 114 valence electrons. The normalized spacial score (nSPS) is 35.0. The van der Waals surface area contributed by atoms with Crippen LogP contribution >= 0.6 is 0 Å². The van der Waals surface area contributed by atoms with E-state index < -0.39 is 5.41 Å². The fourth-order valence-corrected chi connectivity index (χ4v) is 3.23. The van der Waals surface area contributed by atoms with Crippen molar-refractivity contribution in [2.24, 2.45) is 17.1 Å². The lowest BCUT2D eigenvalue weighted by molar-refractivity contribution is -0.136. The molecule has 0 spiro atoms. The lowest BCUT2D eigenvalue weighted by Gasteiger charge is -2.37. The van der Waals surface area contributed by atoms with Gasteiger partial charge in [-0.2, -0.15) is 0 Å². The lowest BCUT2D eigenvalue weighted by Crippen LogP contribution is -2.54. The third-order valence-electron chi connectivity index (χ3n) is 4.94. The molecule has 0 radical (unpaired) electrons. The van der Waals surface area contributed by atoms with Crippen molar-refractivity contribution < 1.29 is 9.59 Å². The SMILES string of the molecule is CC1CCC(CN)(C(=O)NC2CCCCNC2=O)CC1. The summed E-state index contributed by atoms with van der Waals surface area (Å²) in [6.07, 6.45) is 6.45. The van der Waals surface area contributed by atoms with Crippen LogP contribution in [-0.4, -0.2) is 30.9 Å². The Morgan fingerprint density at radius 2 is 2.05 bits per heavy atom. The van der Waals surface area contributed by atoms with Gasteiger partial charge in [-0.15, -0.1) is 0 Å². The summed E-state index contributed by atoms with van der Waals surface area (Å²) in [5.41, 5.74) is 5.43. The van der Waals surface area contributed by atoms with Crippen molar-refractivity contribution in [1.82, 2.24) is 10.6 Å². The van der Waals surface area contributed by atoms with Crippen LogP contribution in [0.3, 0.4) is 0 Å². The van der Waals surface area contributed by atoms with Crippen LogP contribution in [0.15, 0.2) is 0 Å². The third-order valence-corrected chi connectivity index (χ3v) is 4.94. The fourth-order valence-electron chi connectivity index (χ4n) is 3.23. The molecule has 1 unspecified atom stereocenters. The van der Waals surface area contributed by atoms with Crippen LogP contribution < -0.4 is 16.4 Å². The zero-order valence-electron chi connectivity index (χ0n) is 12.4. The van der Waals surface area contributed by atoms with Gasteiger partial charge in [0.15, 0.2) is 0 Å². The van der Waals surface area contributed by atoms with Crippen LogP contribution in [0.25, 0.3) is 0 Å². The van der Waals surface area contributed by atoms with E-state index in [2.05, 4.69) is 17.6 Å². The molecule has 0 bridgehead atoms. The summed E-state index contributed by atoms with van der Waals surface area (Å²) in [7, 11) is 0. The molecule has 1 saturated heterocycles. The monoisotopic (exact) mass is 281 g/mol. The second-order valence-corrected chi connectivity index (χ2v) is 6.48. The van der Waals surface area contributed by atoms with Gasteiger partial charge in [0, 0.05) is 13.1 Å². The van der Waals surface area contributed by atoms with Crippen molar-refractivity contribution in [1.29, 1.82) is 0 Å². The number of amides is 2. The summed E-state index contributed by atoms with van der Waals surface area (Å²) >= 11 is 0. The van der Waals surface area contributed by atoms with Gasteiger partial charge in [0.1, 0.15) is 6.04 Å². The number of rotatable bonds is 3. The molecule has 5 heteroatoms. The number of nitrogens with two attached hydrogens (primary N) is 1. The smallest absolute Gasteiger partial charge is 0.242 e. The van der Waals surface area contributed by atoms with Gasteiger partial charge in [0.25, 0.3) is 0 Å². The van der Waals surface area contributed by atoms with E-state index >= 15 is 0 Å². The summed E-state index contributed by atoms with van der Waals surface area (Å²) in [5.74, 6) is 0.602. The molecular formula is C15H27N3O2. The molecule has 2 fully saturated rings. The van der Waals surface area contributed by atoms with Gasteiger partial charge in [-0.1, -0.05) is 6.92 Å². The lowest BCUT2D eigenvalue weighted by atomic mass is 9.70. The topological polar surface area (TPSA) is 84.2 Å². The van der Waals surface area contributed by atoms with Crippen LogP contribution in [0.5, 0.6) is 0 Å². The van der Waals surface area contributed by atoms with Crippen molar-refractivity contribution in [3.63, 3.8) is 0 Å². The minimum Gasteiger partial charge on any atom is -0.354 e. The van der Waals surface area contributed by atoms with E-state index in [4.69, 9.17) is 5.73 Å². The second kappa shape index (κ2) is 6.57. The highest BCUT2D eigenvalue weighted by Gasteiger charge is 2.41. The molecule has 1 aliphatic carbocycles. The molecule has 1 saturated carbocycles. The maximum absolute atomic E-state index is 12.6. The first-order chi connectivity index (χ1) is 9.57. The average molecular weight is 281 g/mol. The van der Waals surface area contributed by atoms with Gasteiger partial charge in [0.2, 0.25) is 11.8 Å². The Bertz CT molecular complexity index is 362. The van der Waals surface area contributed by atoms with Crippen LogP contribution in [0.2, 0.25) is 0 Å². The molecule has 0 aromatic rings. The van der Waals surface area contributed by atoms with E-state index in [0.29, 0.717) is 19.0 Å². The van der Waals surface area contributed by atoms with Gasteiger partial charge < -0.3 is 16.4 Å². The first-order valence-corrected chi connectivity index (χ1v) is 7.86. The van der Waals surface area contributed by atoms with Crippen molar-refractivity contribution in [2.75, 3.05) is 13.1 Å². The maximum Gasteiger partial charge on any atom is 0.242 e. The highest BCUT2D eigenvalue weighted by atomic mass is 16.2. The summed E-state index contributed by atoms with van der Waals surface area (Å²) in [6, 6.07) is -0.382. The zero-order valence-corrected chi connectivity index (χ0v) is 12.4. The third kappa shape index (κ3) is 3.32. The number of carbonyl (C=O) groups excluding carboxylic acids is 2. The Labute approximate surface area is 121 Å². The van der Waals surface area contributed by atoms with E-state index in [9.17, 15) is 9.59 Å². The molecule has 2 amide bonds. The van der Waals surface area contributed by atoms with E-state index in [1.54, 1.807) is 0 Å². The average Bonchev–Trinajstić information content (AvgIpc) is 2.65. The van der Waals surface area contributed by atoms with Gasteiger partial charge in [0.05, 0.1) is 5.41 Å². The Kier molecular flexibility index (Phi) is 5.02. The first-order valence-electron chi connectivity index (χ1n) is 7.86. The minimum atomic E-state index is -0.459. The Balaban J connectivity index is 1.99. The standard InChI is InChI=1S/C15H27N3O2/c1-11-5-7-15(10-16,8-6-11)14(20)18-12-4-2-3-9-17-13(12)19/h11-12H,2-10,16H2,1H3,(H,17,19)(H,18,20). The quantitative estimate of drug-likeness (QED) is 0.719. The highest BCUT2D eigenvalue weighted by molar-refractivity contribution is 5.90. The Morgan fingerprint density at radius 3 is 2.70 bits per heavy atom. The van der Waals surface area contributed by atoms with Gasteiger partial charge in [-0.3, -0.25) is 9.59 Å². The Morgan fingerprint density at radius 1 is 1.35 bits per heavy atom. The summed E-state index contributed by atoms with van der Waals surface area (Å²) in [6.45, 7) is 3.31. The summed E-state index contributed by atoms with van der Waals surface area (Å²) in [4.78, 5) is 24.5. The zero-order chi connectivity index (χ0) is 14.6. The largest absolute Gasteiger partial charge is 0.354 e. The minimum absolute atomic E-state index is 0.0195. The van der Waals surface area contributed by atoms with E-state index in [1.165, 1.54) is 0 Å². The van der Waals surface area contributed by atoms with Gasteiger partial charge in [-0.25, -0.2) is 0 Å². The van der Waals surface area contributed by atoms with Crippen LogP contribution in [-0.2, 0) is 9.59 Å². The van der Waals surface area contributed by atoms with Crippen LogP contribution in [0, 0.1) is 11.3 Å². The van der Waals surface area contributed by atoms with Crippen molar-refractivity contribution in [3.05, 3.63) is 0 Å². The molecule has 1 heterocycles. The Hall–Kier alpha value is -1.10. The van der Waals surface area contributed by atoms with Crippen molar-refractivity contribution in [3.8, 4) is 0 Å². The molecule has 20 heavy (non-hydrogen) atoms. The number of hydrogen-bond acceptors (Lipinski definition) is 3.